The van der Waals surface area contributed by atoms with Crippen molar-refractivity contribution in [1.29, 1.82) is 0 Å². The molecule has 1 fully saturated rings. The van der Waals surface area contributed by atoms with Crippen molar-refractivity contribution in [3.63, 3.8) is 0 Å². The first-order valence-electron chi connectivity index (χ1n) is 12.4. The van der Waals surface area contributed by atoms with Gasteiger partial charge in [0, 0.05) is 37.6 Å². The van der Waals surface area contributed by atoms with Gasteiger partial charge in [-0.15, -0.1) is 0 Å². The number of fused-ring (bicyclic) bond motifs is 1. The molecule has 0 bridgehead atoms. The highest BCUT2D eigenvalue weighted by atomic mass is 35.5. The van der Waals surface area contributed by atoms with Gasteiger partial charge in [0.2, 0.25) is 5.91 Å². The second kappa shape index (κ2) is 10.6. The van der Waals surface area contributed by atoms with Gasteiger partial charge in [-0.25, -0.2) is 9.37 Å². The molecule has 0 radical (unpaired) electrons. The number of phenols is 1. The van der Waals surface area contributed by atoms with Crippen LogP contribution in [0.15, 0.2) is 47.7 Å². The first-order valence-corrected chi connectivity index (χ1v) is 12.7. The van der Waals surface area contributed by atoms with Crippen LogP contribution in [-0.2, 0) is 23.1 Å². The lowest BCUT2D eigenvalue weighted by Gasteiger charge is -2.34. The van der Waals surface area contributed by atoms with Crippen molar-refractivity contribution in [1.82, 2.24) is 14.1 Å². The Kier molecular flexibility index (Phi) is 7.21. The highest BCUT2D eigenvalue weighted by Crippen LogP contribution is 2.34. The number of aromatic hydroxyl groups is 1. The smallest absolute Gasteiger partial charge is 0.260 e. The summed E-state index contributed by atoms with van der Waals surface area (Å²) in [5.41, 5.74) is 5.65. The Balaban J connectivity index is 1.50. The van der Waals surface area contributed by atoms with Gasteiger partial charge in [-0.1, -0.05) is 11.6 Å². The number of carbonyl (C=O) groups excluding carboxylic acids is 2. The van der Waals surface area contributed by atoms with Gasteiger partial charge in [-0.05, 0) is 30.7 Å². The fraction of sp³-hybridized carbons (Fsp3) is 0.259. The van der Waals surface area contributed by atoms with E-state index in [2.05, 4.69) is 15.2 Å². The maximum atomic E-state index is 14.5. The minimum absolute atomic E-state index is 0.0954. The van der Waals surface area contributed by atoms with Crippen LogP contribution in [0.25, 0.3) is 22.0 Å². The number of nitrogens with zero attached hydrogens (tertiary/aromatic N) is 4. The van der Waals surface area contributed by atoms with Gasteiger partial charge in [0.05, 0.1) is 52.6 Å². The van der Waals surface area contributed by atoms with Gasteiger partial charge in [-0.2, -0.15) is 0 Å². The van der Waals surface area contributed by atoms with Crippen molar-refractivity contribution in [2.45, 2.75) is 19.5 Å². The number of ether oxygens (including phenoxy) is 1. The van der Waals surface area contributed by atoms with Gasteiger partial charge < -0.3 is 34.9 Å². The van der Waals surface area contributed by atoms with Crippen molar-refractivity contribution in [3.05, 3.63) is 69.6 Å². The fourth-order valence-corrected chi connectivity index (χ4v) is 4.94. The third-order valence-electron chi connectivity index (χ3n) is 6.84. The molecule has 11 nitrogen and oxygen atoms in total. The molecule has 0 spiro atoms. The van der Waals surface area contributed by atoms with Crippen LogP contribution in [0.1, 0.15) is 17.3 Å². The SMILES string of the molecule is C[C@H]1COCCN1c1cc(NC(=O)Cn2cc(-c3cc(F)c(O)c(C(N)=O)c3)c3c(=O)n(C)ccc32)c(Cl)cn1. The number of nitrogens with two attached hydrogens (primary N) is 1. The summed E-state index contributed by atoms with van der Waals surface area (Å²) < 4.78 is 22.9. The summed E-state index contributed by atoms with van der Waals surface area (Å²) in [6.45, 7) is 3.56. The lowest BCUT2D eigenvalue weighted by molar-refractivity contribution is -0.116. The average Bonchev–Trinajstić information content (AvgIpc) is 3.27. The largest absolute Gasteiger partial charge is 0.504 e. The lowest BCUT2D eigenvalue weighted by Crippen LogP contribution is -2.44. The van der Waals surface area contributed by atoms with E-state index in [9.17, 15) is 23.9 Å². The normalized spacial score (nSPS) is 15.4. The number of pyridine rings is 2. The number of morpholine rings is 1. The van der Waals surface area contributed by atoms with E-state index in [1.807, 2.05) is 6.92 Å². The number of aryl methyl sites for hydroxylation is 1. The molecule has 5 rings (SSSR count). The van der Waals surface area contributed by atoms with Crippen LogP contribution in [0, 0.1) is 5.82 Å². The number of halogens is 2. The molecule has 13 heteroatoms. The summed E-state index contributed by atoms with van der Waals surface area (Å²) in [5, 5.41) is 13.2. The van der Waals surface area contributed by atoms with Gasteiger partial charge in [0.25, 0.3) is 11.5 Å². The lowest BCUT2D eigenvalue weighted by atomic mass is 10.0. The van der Waals surface area contributed by atoms with E-state index in [4.69, 9.17) is 22.1 Å². The van der Waals surface area contributed by atoms with E-state index in [1.54, 1.807) is 25.4 Å². The van der Waals surface area contributed by atoms with Crippen molar-refractivity contribution in [2.75, 3.05) is 30.0 Å². The second-order valence-corrected chi connectivity index (χ2v) is 9.98. The molecule has 0 saturated carbocycles. The first kappa shape index (κ1) is 27.2. The van der Waals surface area contributed by atoms with Gasteiger partial charge in [-0.3, -0.25) is 14.4 Å². The Morgan fingerprint density at radius 3 is 2.83 bits per heavy atom. The van der Waals surface area contributed by atoms with Crippen LogP contribution in [0.5, 0.6) is 5.75 Å². The Bertz CT molecular complexity index is 1720. The zero-order valence-electron chi connectivity index (χ0n) is 21.6. The third-order valence-corrected chi connectivity index (χ3v) is 7.14. The zero-order chi connectivity index (χ0) is 28.7. The van der Waals surface area contributed by atoms with Gasteiger partial charge in [0.15, 0.2) is 11.6 Å². The zero-order valence-corrected chi connectivity index (χ0v) is 22.4. The quantitative estimate of drug-likeness (QED) is 0.324. The average molecular weight is 569 g/mol. The number of hydrogen-bond acceptors (Lipinski definition) is 7. The number of benzene rings is 1. The maximum absolute atomic E-state index is 14.5. The van der Waals surface area contributed by atoms with E-state index in [0.717, 1.165) is 6.07 Å². The summed E-state index contributed by atoms with van der Waals surface area (Å²) in [4.78, 5) is 44.5. The number of nitrogens with one attached hydrogen (secondary N) is 1. The number of anilines is 2. The molecule has 4 heterocycles. The van der Waals surface area contributed by atoms with Crippen LogP contribution >= 0.6 is 11.6 Å². The summed E-state index contributed by atoms with van der Waals surface area (Å²) in [6.07, 6.45) is 4.53. The molecule has 40 heavy (non-hydrogen) atoms. The van der Waals surface area contributed by atoms with Crippen LogP contribution in [-0.4, -0.2) is 56.8 Å². The number of amides is 2. The molecule has 0 unspecified atom stereocenters. The Labute approximate surface area is 232 Å². The maximum Gasteiger partial charge on any atom is 0.260 e. The molecule has 4 N–H and O–H groups in total. The van der Waals surface area contributed by atoms with Crippen molar-refractivity contribution < 1.29 is 23.8 Å². The Hall–Kier alpha value is -4.42. The van der Waals surface area contributed by atoms with Crippen molar-refractivity contribution in [3.8, 4) is 16.9 Å². The molecule has 4 aromatic rings. The van der Waals surface area contributed by atoms with Crippen molar-refractivity contribution >= 4 is 45.8 Å². The number of rotatable bonds is 6. The van der Waals surface area contributed by atoms with Gasteiger partial charge >= 0.3 is 0 Å². The number of carbonyl (C=O) groups is 2. The second-order valence-electron chi connectivity index (χ2n) is 9.57. The molecule has 208 valence electrons. The predicted octanol–water partition coefficient (Wildman–Crippen LogP) is 2.86. The fourth-order valence-electron chi connectivity index (χ4n) is 4.79. The summed E-state index contributed by atoms with van der Waals surface area (Å²) >= 11 is 6.34. The molecular weight excluding hydrogens is 543 g/mol. The number of aromatic nitrogens is 3. The molecule has 0 aliphatic carbocycles. The minimum Gasteiger partial charge on any atom is -0.504 e. The molecule has 1 aromatic carbocycles. The highest BCUT2D eigenvalue weighted by molar-refractivity contribution is 6.33. The number of hydrogen-bond donors (Lipinski definition) is 3. The topological polar surface area (TPSA) is 145 Å². The monoisotopic (exact) mass is 568 g/mol. The summed E-state index contributed by atoms with van der Waals surface area (Å²) in [5.74, 6) is -2.78. The Morgan fingerprint density at radius 2 is 2.10 bits per heavy atom. The molecular formula is C27H26ClFN6O5. The molecule has 2 amide bonds. The van der Waals surface area contributed by atoms with E-state index in [1.165, 1.54) is 27.6 Å². The molecule has 1 aliphatic heterocycles. The first-order chi connectivity index (χ1) is 19.0. The number of primary amides is 1. The third kappa shape index (κ3) is 4.98. The minimum atomic E-state index is -1.07. The standard InChI is InChI=1S/C27H26ClFN6O5/c1-14-13-40-6-5-35(14)22-9-20(18(28)10-31-22)32-23(36)12-34-11-17(24-21(34)3-4-33(2)27(24)39)15-7-16(26(30)38)25(37)19(29)8-15/h3-4,7-11,14,37H,5-6,12-13H2,1-2H3,(H2,30,38)(H,31,32,36)/t14-/m0/s1. The van der Waals surface area contributed by atoms with Crippen LogP contribution in [0.3, 0.4) is 0 Å². The Morgan fingerprint density at radius 1 is 1.32 bits per heavy atom. The molecule has 1 aliphatic rings. The van der Waals surface area contributed by atoms with Crippen LogP contribution in [0.2, 0.25) is 5.02 Å². The highest BCUT2D eigenvalue weighted by Gasteiger charge is 2.23. The van der Waals surface area contributed by atoms with E-state index < -0.39 is 34.5 Å². The molecule has 3 aromatic heterocycles. The van der Waals surface area contributed by atoms with Crippen LogP contribution in [0.4, 0.5) is 15.9 Å². The summed E-state index contributed by atoms with van der Waals surface area (Å²) in [6, 6.07) is 5.64. The summed E-state index contributed by atoms with van der Waals surface area (Å²) in [7, 11) is 1.56. The van der Waals surface area contributed by atoms with E-state index in [-0.39, 0.29) is 34.1 Å². The van der Waals surface area contributed by atoms with Crippen molar-refractivity contribution in [2.24, 2.45) is 12.8 Å². The van der Waals surface area contributed by atoms with E-state index >= 15 is 0 Å². The van der Waals surface area contributed by atoms with Gasteiger partial charge in [0.1, 0.15) is 12.4 Å². The molecule has 1 atom stereocenters. The predicted molar refractivity (Wildman–Crippen MR) is 148 cm³/mol. The van der Waals surface area contributed by atoms with E-state index in [0.29, 0.717) is 36.8 Å². The molecule has 1 saturated heterocycles. The van der Waals surface area contributed by atoms with Crippen LogP contribution < -0.4 is 21.5 Å².